The Hall–Kier alpha value is -3.86. The van der Waals surface area contributed by atoms with Crippen LogP contribution in [0.3, 0.4) is 0 Å². The molecule has 0 saturated heterocycles. The van der Waals surface area contributed by atoms with Crippen LogP contribution < -0.4 is 4.74 Å². The fraction of sp³-hybridized carbons (Fsp3) is 0.385. The van der Waals surface area contributed by atoms with Crippen LogP contribution in [0, 0.1) is 23.2 Å². The molecule has 2 unspecified atom stereocenters. The number of hydrogen-bond donors (Lipinski definition) is 0. The van der Waals surface area contributed by atoms with Crippen LogP contribution in [0.1, 0.15) is 50.0 Å². The number of fused-ring (bicyclic) bond motifs is 2. The molecule has 4 atom stereocenters. The standard InChI is InChI=1S/C26H25N3O5/c1-15(30)32-23-22(20-11-17(13-27)9-10-21(20)34-26(23,2)3)33-24-18-12-19(18)25(31)29(28-24)14-16-7-5-4-6-8-16/h4-11,18-19,22-23H,12,14H2,1-3H3/t18?,19?,22-,23+/m1/s1. The van der Waals surface area contributed by atoms with Crippen LogP contribution in [0.15, 0.2) is 53.6 Å². The minimum Gasteiger partial charge on any atom is -0.483 e. The number of carbonyl (C=O) groups is 2. The lowest BCUT2D eigenvalue weighted by molar-refractivity contribution is -0.173. The highest BCUT2D eigenvalue weighted by molar-refractivity contribution is 5.96. The largest absolute Gasteiger partial charge is 0.483 e. The quantitative estimate of drug-likeness (QED) is 0.646. The summed E-state index contributed by atoms with van der Waals surface area (Å²) in [4.78, 5) is 24.8. The maximum atomic E-state index is 12.8. The van der Waals surface area contributed by atoms with Gasteiger partial charge >= 0.3 is 5.97 Å². The normalized spacial score (nSPS) is 26.2. The van der Waals surface area contributed by atoms with Crippen LogP contribution in [0.4, 0.5) is 0 Å². The highest BCUT2D eigenvalue weighted by Crippen LogP contribution is 2.49. The van der Waals surface area contributed by atoms with Gasteiger partial charge in [-0.25, -0.2) is 5.01 Å². The summed E-state index contributed by atoms with van der Waals surface area (Å²) in [7, 11) is 0. The minimum atomic E-state index is -0.894. The highest BCUT2D eigenvalue weighted by Gasteiger charge is 2.55. The summed E-state index contributed by atoms with van der Waals surface area (Å²) in [5, 5.41) is 15.5. The zero-order valence-electron chi connectivity index (χ0n) is 19.2. The van der Waals surface area contributed by atoms with E-state index >= 15 is 0 Å². The van der Waals surface area contributed by atoms with E-state index in [1.54, 1.807) is 18.2 Å². The SMILES string of the molecule is CC(=O)O[C@H]1[C@H](OC2=NN(Cc3ccccc3)C(=O)C3CC23)c2cc(C#N)ccc2OC1(C)C. The Balaban J connectivity index is 1.51. The first kappa shape index (κ1) is 22.0. The van der Waals surface area contributed by atoms with Crippen LogP contribution in [-0.2, 0) is 25.6 Å². The lowest BCUT2D eigenvalue weighted by atomic mass is 9.87. The monoisotopic (exact) mass is 459 g/mol. The number of hydrogen-bond acceptors (Lipinski definition) is 7. The molecule has 1 fully saturated rings. The average molecular weight is 460 g/mol. The van der Waals surface area contributed by atoms with E-state index in [1.807, 2.05) is 44.2 Å². The van der Waals surface area contributed by atoms with E-state index in [0.717, 1.165) is 5.56 Å². The minimum absolute atomic E-state index is 0.0165. The van der Waals surface area contributed by atoms with Gasteiger partial charge in [-0.2, -0.15) is 5.26 Å². The van der Waals surface area contributed by atoms with E-state index in [0.29, 0.717) is 35.7 Å². The van der Waals surface area contributed by atoms with Gasteiger partial charge in [0.15, 0.2) is 12.2 Å². The first-order valence-corrected chi connectivity index (χ1v) is 11.3. The number of nitriles is 1. The fourth-order valence-corrected chi connectivity index (χ4v) is 4.60. The van der Waals surface area contributed by atoms with Crippen molar-refractivity contribution in [2.75, 3.05) is 0 Å². The molecule has 0 bridgehead atoms. The molecular formula is C26H25N3O5. The summed E-state index contributed by atoms with van der Waals surface area (Å²) in [5.41, 5.74) is 1.12. The zero-order chi connectivity index (χ0) is 24.0. The summed E-state index contributed by atoms with van der Waals surface area (Å²) in [6.07, 6.45) is -0.868. The molecule has 0 N–H and O–H groups in total. The summed E-state index contributed by atoms with van der Waals surface area (Å²) in [6, 6.07) is 16.9. The summed E-state index contributed by atoms with van der Waals surface area (Å²) in [6.45, 7) is 5.33. The number of nitrogens with zero attached hydrogens (tertiary/aromatic N) is 3. The molecule has 3 aliphatic rings. The van der Waals surface area contributed by atoms with E-state index in [9.17, 15) is 14.9 Å². The molecular weight excluding hydrogens is 434 g/mol. The Labute approximate surface area is 197 Å². The molecule has 2 aliphatic heterocycles. The summed E-state index contributed by atoms with van der Waals surface area (Å²) < 4.78 is 18.3. The van der Waals surface area contributed by atoms with Gasteiger partial charge in [0.1, 0.15) is 11.4 Å². The van der Waals surface area contributed by atoms with Gasteiger partial charge in [-0.05, 0) is 44.0 Å². The van der Waals surface area contributed by atoms with Crippen molar-refractivity contribution in [2.45, 2.75) is 51.5 Å². The van der Waals surface area contributed by atoms with Crippen molar-refractivity contribution in [3.8, 4) is 11.8 Å². The van der Waals surface area contributed by atoms with Crippen LogP contribution in [-0.4, -0.2) is 34.5 Å². The van der Waals surface area contributed by atoms with Gasteiger partial charge in [0.25, 0.3) is 0 Å². The van der Waals surface area contributed by atoms with Crippen molar-refractivity contribution in [3.63, 3.8) is 0 Å². The predicted octanol–water partition coefficient (Wildman–Crippen LogP) is 3.71. The van der Waals surface area contributed by atoms with E-state index in [4.69, 9.17) is 14.2 Å². The molecule has 8 heteroatoms. The van der Waals surface area contributed by atoms with E-state index in [1.165, 1.54) is 11.9 Å². The number of amides is 1. The molecule has 1 amide bonds. The molecule has 5 rings (SSSR count). The van der Waals surface area contributed by atoms with Crippen molar-refractivity contribution in [1.29, 1.82) is 5.26 Å². The second-order valence-electron chi connectivity index (χ2n) is 9.41. The number of carbonyl (C=O) groups excluding carboxylic acids is 2. The molecule has 0 radical (unpaired) electrons. The van der Waals surface area contributed by atoms with Crippen LogP contribution in [0.25, 0.3) is 0 Å². The molecule has 0 spiro atoms. The fourth-order valence-electron chi connectivity index (χ4n) is 4.60. The second kappa shape index (κ2) is 8.17. The van der Waals surface area contributed by atoms with Gasteiger partial charge < -0.3 is 14.2 Å². The van der Waals surface area contributed by atoms with Crippen molar-refractivity contribution >= 4 is 17.8 Å². The van der Waals surface area contributed by atoms with Gasteiger partial charge in [0.2, 0.25) is 11.8 Å². The zero-order valence-corrected chi connectivity index (χ0v) is 19.2. The third-order valence-corrected chi connectivity index (χ3v) is 6.39. The first-order valence-electron chi connectivity index (χ1n) is 11.3. The van der Waals surface area contributed by atoms with Crippen molar-refractivity contribution < 1.29 is 23.8 Å². The summed E-state index contributed by atoms with van der Waals surface area (Å²) in [5.74, 6) is 0.238. The molecule has 34 heavy (non-hydrogen) atoms. The van der Waals surface area contributed by atoms with Crippen LogP contribution in [0.2, 0.25) is 0 Å². The Kier molecular flexibility index (Phi) is 5.28. The average Bonchev–Trinajstić information content (AvgIpc) is 3.61. The van der Waals surface area contributed by atoms with Crippen molar-refractivity contribution in [1.82, 2.24) is 5.01 Å². The van der Waals surface area contributed by atoms with Gasteiger partial charge in [0, 0.05) is 18.4 Å². The number of benzene rings is 2. The first-order chi connectivity index (χ1) is 16.3. The molecule has 174 valence electrons. The van der Waals surface area contributed by atoms with Gasteiger partial charge in [-0.1, -0.05) is 30.3 Å². The third kappa shape index (κ3) is 3.98. The predicted molar refractivity (Wildman–Crippen MR) is 121 cm³/mol. The lowest BCUT2D eigenvalue weighted by Gasteiger charge is -2.43. The van der Waals surface area contributed by atoms with Crippen LogP contribution >= 0.6 is 0 Å². The third-order valence-electron chi connectivity index (χ3n) is 6.39. The van der Waals surface area contributed by atoms with Gasteiger partial charge in [-0.15, -0.1) is 5.10 Å². The van der Waals surface area contributed by atoms with Crippen LogP contribution in [0.5, 0.6) is 5.75 Å². The topological polar surface area (TPSA) is 101 Å². The Morgan fingerprint density at radius 3 is 2.71 bits per heavy atom. The van der Waals surface area contributed by atoms with Crippen molar-refractivity contribution in [2.24, 2.45) is 16.9 Å². The van der Waals surface area contributed by atoms with Gasteiger partial charge in [0.05, 0.1) is 24.1 Å². The number of rotatable bonds is 4. The number of ether oxygens (including phenoxy) is 3. The maximum Gasteiger partial charge on any atom is 0.303 e. The molecule has 1 saturated carbocycles. The van der Waals surface area contributed by atoms with E-state index in [2.05, 4.69) is 11.2 Å². The smallest absolute Gasteiger partial charge is 0.303 e. The molecule has 1 aliphatic carbocycles. The molecule has 2 aromatic carbocycles. The molecule has 0 aromatic heterocycles. The van der Waals surface area contributed by atoms with Crippen molar-refractivity contribution in [3.05, 3.63) is 65.2 Å². The molecule has 2 heterocycles. The molecule has 2 aromatic rings. The maximum absolute atomic E-state index is 12.8. The lowest BCUT2D eigenvalue weighted by Crippen LogP contribution is -2.52. The van der Waals surface area contributed by atoms with E-state index < -0.39 is 23.8 Å². The molecule has 8 nitrogen and oxygen atoms in total. The highest BCUT2D eigenvalue weighted by atomic mass is 16.6. The summed E-state index contributed by atoms with van der Waals surface area (Å²) >= 11 is 0. The Morgan fingerprint density at radius 1 is 1.24 bits per heavy atom. The van der Waals surface area contributed by atoms with E-state index in [-0.39, 0.29) is 17.7 Å². The number of esters is 1. The van der Waals surface area contributed by atoms with Gasteiger partial charge in [-0.3, -0.25) is 9.59 Å². The second-order valence-corrected chi connectivity index (χ2v) is 9.41. The number of hydrazone groups is 1. The Morgan fingerprint density at radius 2 is 2.00 bits per heavy atom. The Bertz CT molecular complexity index is 1220.